The third kappa shape index (κ3) is 15.0. The van der Waals surface area contributed by atoms with Gasteiger partial charge in [-0.25, -0.2) is 0 Å². The molecule has 0 aliphatic heterocycles. The van der Waals surface area contributed by atoms with Crippen LogP contribution >= 0.6 is 12.6 Å². The van der Waals surface area contributed by atoms with Gasteiger partial charge in [0, 0.05) is 5.75 Å². The third-order valence-corrected chi connectivity index (χ3v) is 0.387. The molecular weight excluding hydrogens is 80.1 g/mol. The molecule has 0 atom stereocenters. The molecule has 0 aromatic heterocycles. The molecule has 0 aliphatic rings. The lowest BCUT2D eigenvalue weighted by Gasteiger charge is -1.57. The lowest BCUT2D eigenvalue weighted by atomic mass is 10.8. The second-order valence-electron chi connectivity index (χ2n) is 0.471. The van der Waals surface area contributed by atoms with Crippen molar-refractivity contribution in [1.29, 1.82) is 0 Å². The van der Waals surface area contributed by atoms with Crippen LogP contribution in [0.5, 0.6) is 0 Å². The molecule has 0 nitrogen and oxygen atoms in total. The summed E-state index contributed by atoms with van der Waals surface area (Å²) in [4.78, 5) is 0. The maximum Gasteiger partial charge on any atom is 0.00799 e. The summed E-state index contributed by atoms with van der Waals surface area (Å²) < 4.78 is 0. The van der Waals surface area contributed by atoms with Gasteiger partial charge in [0.2, 0.25) is 0 Å². The molecule has 0 N–H and O–H groups in total. The van der Waals surface area contributed by atoms with Crippen molar-refractivity contribution in [3.8, 4) is 0 Å². The molecule has 32 valence electrons. The van der Waals surface area contributed by atoms with Gasteiger partial charge >= 0.3 is 0 Å². The summed E-state index contributed by atoms with van der Waals surface area (Å²) in [5.74, 6) is 0.778. The minimum Gasteiger partial charge on any atom is -0.175 e. The third-order valence-electron chi connectivity index (χ3n) is 0.129. The van der Waals surface area contributed by atoms with Crippen molar-refractivity contribution in [3.63, 3.8) is 0 Å². The van der Waals surface area contributed by atoms with Crippen LogP contribution in [0.4, 0.5) is 0 Å². The molecular formula is C4H10S. The van der Waals surface area contributed by atoms with Crippen molar-refractivity contribution in [1.82, 2.24) is 0 Å². The molecule has 0 unspecified atom stereocenters. The summed E-state index contributed by atoms with van der Waals surface area (Å²) in [7, 11) is 0. The summed E-state index contributed by atoms with van der Waals surface area (Å²) in [6.07, 6.45) is 1.74. The van der Waals surface area contributed by atoms with E-state index in [0.29, 0.717) is 0 Å². The molecule has 0 bridgehead atoms. The Bertz CT molecular complexity index is 17.6. The van der Waals surface area contributed by atoms with Crippen molar-refractivity contribution >= 4 is 12.6 Å². The maximum absolute atomic E-state index is 3.80. The highest BCUT2D eigenvalue weighted by Crippen LogP contribution is 1.65. The Morgan fingerprint density at radius 2 is 2.00 bits per heavy atom. The van der Waals surface area contributed by atoms with E-state index < -0.39 is 0 Å². The predicted octanol–water partition coefficient (Wildman–Crippen LogP) is 1.74. The average molecular weight is 90.2 g/mol. The zero-order valence-corrected chi connectivity index (χ0v) is 3.33. The summed E-state index contributed by atoms with van der Waals surface area (Å²) in [6.45, 7) is 3.40. The number of rotatable bonds is 1. The van der Waals surface area contributed by atoms with E-state index in [1.807, 2.05) is 0 Å². The Morgan fingerprint density at radius 1 is 1.80 bits per heavy atom. The molecule has 0 saturated heterocycles. The van der Waals surface area contributed by atoms with Crippen molar-refractivity contribution in [3.05, 3.63) is 12.7 Å². The molecule has 1 heteroatoms. The average Bonchev–Trinajstić information content (AvgIpc) is 1.37. The van der Waals surface area contributed by atoms with Crippen molar-refractivity contribution in [2.45, 2.75) is 7.43 Å². The second-order valence-corrected chi connectivity index (χ2v) is 0.836. The first-order valence-electron chi connectivity index (χ1n) is 1.13. The van der Waals surface area contributed by atoms with Gasteiger partial charge < -0.3 is 0 Å². The van der Waals surface area contributed by atoms with Crippen molar-refractivity contribution in [2.75, 3.05) is 5.75 Å². The van der Waals surface area contributed by atoms with Crippen LogP contribution in [-0.2, 0) is 0 Å². The fourth-order valence-electron chi connectivity index (χ4n) is 0. The number of thiol groups is 1. The van der Waals surface area contributed by atoms with Crippen LogP contribution in [0.3, 0.4) is 0 Å². The fraction of sp³-hybridized carbons (Fsp3) is 0.500. The minimum absolute atomic E-state index is 0. The molecule has 0 aliphatic carbocycles. The van der Waals surface area contributed by atoms with Gasteiger partial charge in [-0.2, -0.15) is 12.6 Å². The van der Waals surface area contributed by atoms with Gasteiger partial charge in [-0.05, 0) is 0 Å². The summed E-state index contributed by atoms with van der Waals surface area (Å²) in [6, 6.07) is 0. The van der Waals surface area contributed by atoms with Gasteiger partial charge in [-0.3, -0.25) is 0 Å². The molecule has 0 aromatic carbocycles. The quantitative estimate of drug-likeness (QED) is 0.368. The number of hydrogen-bond donors (Lipinski definition) is 1. The molecule has 0 heterocycles. The standard InChI is InChI=1S/C3H6S.CH4/c1-2-3-4;/h2,4H,1,3H2;1H4. The van der Waals surface area contributed by atoms with Crippen LogP contribution in [-0.4, -0.2) is 5.75 Å². The molecule has 5 heavy (non-hydrogen) atoms. The summed E-state index contributed by atoms with van der Waals surface area (Å²) in [5.41, 5.74) is 0. The molecule has 0 amide bonds. The van der Waals surface area contributed by atoms with Crippen LogP contribution in [0, 0.1) is 0 Å². The highest BCUT2D eigenvalue weighted by atomic mass is 32.1. The van der Waals surface area contributed by atoms with Crippen molar-refractivity contribution < 1.29 is 0 Å². The van der Waals surface area contributed by atoms with Crippen molar-refractivity contribution in [2.24, 2.45) is 0 Å². The van der Waals surface area contributed by atoms with E-state index in [2.05, 4.69) is 19.2 Å². The van der Waals surface area contributed by atoms with E-state index in [1.54, 1.807) is 6.08 Å². The fourth-order valence-corrected chi connectivity index (χ4v) is 0. The molecule has 0 radical (unpaired) electrons. The van der Waals surface area contributed by atoms with E-state index in [9.17, 15) is 0 Å². The number of hydrogen-bond acceptors (Lipinski definition) is 1. The zero-order chi connectivity index (χ0) is 3.41. The van der Waals surface area contributed by atoms with Gasteiger partial charge in [-0.1, -0.05) is 13.5 Å². The highest BCUT2D eigenvalue weighted by molar-refractivity contribution is 7.80. The first kappa shape index (κ1) is 8.92. The monoisotopic (exact) mass is 90.1 g/mol. The normalized spacial score (nSPS) is 5.00. The van der Waals surface area contributed by atoms with E-state index in [1.165, 1.54) is 0 Å². The Balaban J connectivity index is 0. The first-order chi connectivity index (χ1) is 1.91. The predicted molar refractivity (Wildman–Crippen MR) is 30.8 cm³/mol. The SMILES string of the molecule is C.C=CCS. The van der Waals surface area contributed by atoms with Gasteiger partial charge in [0.05, 0.1) is 0 Å². The lowest BCUT2D eigenvalue weighted by molar-refractivity contribution is 1.85. The Kier molecular flexibility index (Phi) is 15.9. The van der Waals surface area contributed by atoms with E-state index >= 15 is 0 Å². The molecule has 0 rings (SSSR count). The Hall–Kier alpha value is 0.0900. The van der Waals surface area contributed by atoms with Gasteiger partial charge in [0.1, 0.15) is 0 Å². The van der Waals surface area contributed by atoms with Gasteiger partial charge in [0.25, 0.3) is 0 Å². The molecule has 0 saturated carbocycles. The van der Waals surface area contributed by atoms with E-state index in [4.69, 9.17) is 0 Å². The maximum atomic E-state index is 3.80. The van der Waals surface area contributed by atoms with E-state index in [0.717, 1.165) is 5.75 Å². The topological polar surface area (TPSA) is 0 Å². The Morgan fingerprint density at radius 3 is 2.00 bits per heavy atom. The second kappa shape index (κ2) is 8.94. The molecule has 0 aromatic rings. The highest BCUT2D eigenvalue weighted by Gasteiger charge is 1.45. The van der Waals surface area contributed by atoms with Crippen LogP contribution in [0.15, 0.2) is 12.7 Å². The zero-order valence-electron chi connectivity index (χ0n) is 2.44. The largest absolute Gasteiger partial charge is 0.175 e. The molecule has 0 fully saturated rings. The molecule has 0 spiro atoms. The smallest absolute Gasteiger partial charge is 0.00799 e. The van der Waals surface area contributed by atoms with Crippen LogP contribution in [0.2, 0.25) is 0 Å². The van der Waals surface area contributed by atoms with Gasteiger partial charge in [-0.15, -0.1) is 6.58 Å². The minimum atomic E-state index is 0. The van der Waals surface area contributed by atoms with Gasteiger partial charge in [0.15, 0.2) is 0 Å². The van der Waals surface area contributed by atoms with Crippen LogP contribution in [0.25, 0.3) is 0 Å². The van der Waals surface area contributed by atoms with Crippen LogP contribution in [0.1, 0.15) is 7.43 Å². The van der Waals surface area contributed by atoms with E-state index in [-0.39, 0.29) is 7.43 Å². The summed E-state index contributed by atoms with van der Waals surface area (Å²) >= 11 is 3.80. The summed E-state index contributed by atoms with van der Waals surface area (Å²) in [5, 5.41) is 0. The van der Waals surface area contributed by atoms with Crippen LogP contribution < -0.4 is 0 Å². The Labute approximate surface area is 39.3 Å². The first-order valence-corrected chi connectivity index (χ1v) is 1.77. The lowest BCUT2D eigenvalue weighted by Crippen LogP contribution is -1.45.